The number of carbonyl (C=O) groups is 4. The zero-order valence-corrected chi connectivity index (χ0v) is 28.2. The van der Waals surface area contributed by atoms with Crippen molar-refractivity contribution in [1.82, 2.24) is 29.7 Å². The van der Waals surface area contributed by atoms with Crippen molar-refractivity contribution in [2.45, 2.75) is 63.1 Å². The molecule has 12 nitrogen and oxygen atoms in total. The number of rotatable bonds is 9. The third kappa shape index (κ3) is 6.16. The zero-order chi connectivity index (χ0) is 35.8. The number of imidazole rings is 2. The molecule has 0 unspecified atom stereocenters. The van der Waals surface area contributed by atoms with Crippen LogP contribution in [0.5, 0.6) is 0 Å². The van der Waals surface area contributed by atoms with E-state index >= 15 is 0 Å². The fraction of sp³-hybridized carbons (Fsp3) is 0.250. The maximum absolute atomic E-state index is 13.0. The molecule has 4 aromatic carbocycles. The lowest BCUT2D eigenvalue weighted by atomic mass is 9.87. The monoisotopic (exact) mass is 696 g/mol. The Morgan fingerprint density at radius 3 is 2.08 bits per heavy atom. The van der Waals surface area contributed by atoms with Gasteiger partial charge in [-0.2, -0.15) is 0 Å². The van der Waals surface area contributed by atoms with E-state index in [1.807, 2.05) is 97.1 Å². The Bertz CT molecular complexity index is 2320. The molecule has 8 rings (SSSR count). The molecule has 0 saturated carbocycles. The summed E-state index contributed by atoms with van der Waals surface area (Å²) < 4.78 is 5.48. The topological polar surface area (TPSA) is 162 Å². The fourth-order valence-corrected chi connectivity index (χ4v) is 7.55. The van der Waals surface area contributed by atoms with Crippen LogP contribution in [0.2, 0.25) is 0 Å². The van der Waals surface area contributed by atoms with Crippen molar-refractivity contribution < 1.29 is 29.0 Å². The van der Waals surface area contributed by atoms with Crippen molar-refractivity contribution in [1.29, 1.82) is 0 Å². The average Bonchev–Trinajstić information content (AvgIpc) is 3.94. The Morgan fingerprint density at radius 2 is 1.40 bits per heavy atom. The first-order chi connectivity index (χ1) is 25.3. The van der Waals surface area contributed by atoms with Gasteiger partial charge in [0.2, 0.25) is 11.8 Å². The Balaban J connectivity index is 0.983. The molecular formula is C40H36N6O6. The first kappa shape index (κ1) is 32.9. The number of benzene rings is 4. The van der Waals surface area contributed by atoms with Crippen LogP contribution in [0.25, 0.3) is 22.1 Å². The van der Waals surface area contributed by atoms with Gasteiger partial charge < -0.3 is 19.8 Å². The molecule has 2 aliphatic rings. The number of carbonyl (C=O) groups excluding carboxylic acids is 3. The van der Waals surface area contributed by atoms with Gasteiger partial charge in [-0.3, -0.25) is 9.59 Å². The molecule has 0 radical (unpaired) electrons. The van der Waals surface area contributed by atoms with Crippen molar-refractivity contribution in [2.75, 3.05) is 0 Å². The van der Waals surface area contributed by atoms with Crippen LogP contribution in [0.3, 0.4) is 0 Å². The second-order valence-corrected chi connectivity index (χ2v) is 13.5. The number of aromatic nitrogens is 4. The molecule has 4 amide bonds. The number of likely N-dealkylation sites (tertiary alicyclic amines) is 2. The molecule has 2 atom stereocenters. The standard InChI is InChI=1S/C40H36N6O6/c47-34-18-17-33(45(34)39(51)52-24-28-9-5-2-6-10-28)36-41-29-15-13-25(21-31(29)42-36)11-12-26-14-16-30-32(22-26)44-37(43-30)40(23-27-7-3-1-4-8-27)20-19-35(48)46(40)38(49)50/h1-10,13-16,21-22,33H,11-12,17-20,23-24H2,(H,41,42)(H,43,44)(H,49,50)/t33-,40-/m0/s1. The van der Waals surface area contributed by atoms with Crippen molar-refractivity contribution in [2.24, 2.45) is 0 Å². The van der Waals surface area contributed by atoms with E-state index in [1.165, 1.54) is 4.90 Å². The van der Waals surface area contributed by atoms with Crippen LogP contribution in [-0.4, -0.2) is 58.8 Å². The van der Waals surface area contributed by atoms with Gasteiger partial charge in [-0.25, -0.2) is 29.4 Å². The highest BCUT2D eigenvalue weighted by Crippen LogP contribution is 2.42. The predicted octanol–water partition coefficient (Wildman–Crippen LogP) is 6.96. The minimum absolute atomic E-state index is 0.0769. The van der Waals surface area contributed by atoms with Gasteiger partial charge in [0, 0.05) is 19.3 Å². The van der Waals surface area contributed by atoms with Crippen LogP contribution >= 0.6 is 0 Å². The second kappa shape index (κ2) is 13.4. The van der Waals surface area contributed by atoms with Crippen molar-refractivity contribution in [3.05, 3.63) is 131 Å². The molecule has 2 fully saturated rings. The number of hydrogen-bond donors (Lipinski definition) is 3. The largest absolute Gasteiger partial charge is 0.465 e. The number of carboxylic acid groups (broad SMARTS) is 1. The lowest BCUT2D eigenvalue weighted by Crippen LogP contribution is -2.48. The van der Waals surface area contributed by atoms with Crippen LogP contribution in [0.15, 0.2) is 97.1 Å². The normalized spacial score (nSPS) is 18.9. The van der Waals surface area contributed by atoms with E-state index in [0.29, 0.717) is 36.4 Å². The molecule has 12 heteroatoms. The van der Waals surface area contributed by atoms with Gasteiger partial charge in [-0.1, -0.05) is 72.8 Å². The summed E-state index contributed by atoms with van der Waals surface area (Å²) in [7, 11) is 0. The first-order valence-electron chi connectivity index (χ1n) is 17.4. The summed E-state index contributed by atoms with van der Waals surface area (Å²) in [5, 5.41) is 10.1. The maximum Gasteiger partial charge on any atom is 0.417 e. The molecule has 0 aliphatic carbocycles. The van der Waals surface area contributed by atoms with Gasteiger partial charge in [-0.15, -0.1) is 0 Å². The van der Waals surface area contributed by atoms with Crippen LogP contribution in [0.1, 0.15) is 65.6 Å². The Labute approximate surface area is 298 Å². The van der Waals surface area contributed by atoms with Crippen LogP contribution in [0, 0.1) is 0 Å². The summed E-state index contributed by atoms with van der Waals surface area (Å²) in [4.78, 5) is 69.3. The van der Waals surface area contributed by atoms with E-state index in [4.69, 9.17) is 14.7 Å². The van der Waals surface area contributed by atoms with E-state index in [9.17, 15) is 24.3 Å². The van der Waals surface area contributed by atoms with E-state index in [0.717, 1.165) is 56.5 Å². The summed E-state index contributed by atoms with van der Waals surface area (Å²) in [5.74, 6) is 0.295. The van der Waals surface area contributed by atoms with Crippen LogP contribution < -0.4 is 0 Å². The number of ether oxygens (including phenoxy) is 1. The Morgan fingerprint density at radius 1 is 0.769 bits per heavy atom. The molecule has 52 heavy (non-hydrogen) atoms. The quantitative estimate of drug-likeness (QED) is 0.146. The van der Waals surface area contributed by atoms with Gasteiger partial charge in [0.1, 0.15) is 29.8 Å². The van der Waals surface area contributed by atoms with Crippen molar-refractivity contribution in [3.63, 3.8) is 0 Å². The minimum atomic E-state index is -1.28. The highest BCUT2D eigenvalue weighted by molar-refractivity contribution is 5.95. The molecule has 6 aromatic rings. The van der Waals surface area contributed by atoms with Gasteiger partial charge in [0.25, 0.3) is 0 Å². The van der Waals surface area contributed by atoms with Gasteiger partial charge in [0.05, 0.1) is 22.1 Å². The third-order valence-corrected chi connectivity index (χ3v) is 10.1. The number of hydrogen-bond acceptors (Lipinski definition) is 7. The van der Waals surface area contributed by atoms with Crippen LogP contribution in [-0.2, 0) is 45.7 Å². The van der Waals surface area contributed by atoms with E-state index in [1.54, 1.807) is 0 Å². The molecular weight excluding hydrogens is 660 g/mol. The number of aryl methyl sites for hydroxylation is 2. The fourth-order valence-electron chi connectivity index (χ4n) is 7.55. The molecule has 262 valence electrons. The van der Waals surface area contributed by atoms with E-state index in [-0.39, 0.29) is 25.4 Å². The predicted molar refractivity (Wildman–Crippen MR) is 191 cm³/mol. The smallest absolute Gasteiger partial charge is 0.417 e. The highest BCUT2D eigenvalue weighted by atomic mass is 16.6. The zero-order valence-electron chi connectivity index (χ0n) is 28.2. The summed E-state index contributed by atoms with van der Waals surface area (Å²) in [5.41, 5.74) is 5.81. The van der Waals surface area contributed by atoms with E-state index < -0.39 is 29.7 Å². The number of amides is 4. The lowest BCUT2D eigenvalue weighted by Gasteiger charge is -2.33. The number of fused-ring (bicyclic) bond motifs is 2. The number of nitrogens with zero attached hydrogens (tertiary/aromatic N) is 4. The summed E-state index contributed by atoms with van der Waals surface area (Å²) >= 11 is 0. The van der Waals surface area contributed by atoms with Gasteiger partial charge in [0.15, 0.2) is 0 Å². The first-order valence-corrected chi connectivity index (χ1v) is 17.4. The molecule has 2 aromatic heterocycles. The summed E-state index contributed by atoms with van der Waals surface area (Å²) in [6.45, 7) is 0.0769. The molecule has 0 bridgehead atoms. The van der Waals surface area contributed by atoms with Gasteiger partial charge >= 0.3 is 12.2 Å². The maximum atomic E-state index is 13.0. The number of H-pyrrole nitrogens is 2. The van der Waals surface area contributed by atoms with E-state index in [2.05, 4.69) is 9.97 Å². The molecule has 0 spiro atoms. The molecule has 3 N–H and O–H groups in total. The van der Waals surface area contributed by atoms with Crippen LogP contribution in [0.4, 0.5) is 9.59 Å². The molecule has 2 saturated heterocycles. The minimum Gasteiger partial charge on any atom is -0.465 e. The number of nitrogens with one attached hydrogen (secondary N) is 2. The number of imide groups is 2. The third-order valence-electron chi connectivity index (χ3n) is 10.1. The molecule has 2 aliphatic heterocycles. The Kier molecular flexibility index (Phi) is 8.50. The van der Waals surface area contributed by atoms with Crippen molar-refractivity contribution >= 4 is 46.1 Å². The lowest BCUT2D eigenvalue weighted by molar-refractivity contribution is -0.129. The SMILES string of the molecule is O=C1CC[C@@H](c2nc3ccc(CCc4ccc5nc([C@@]6(Cc7ccccc7)CCC(=O)N6C(=O)O)[nH]c5c4)cc3[nH]2)N1C(=O)OCc1ccccc1. The van der Waals surface area contributed by atoms with Gasteiger partial charge in [-0.05, 0) is 72.2 Å². The average molecular weight is 697 g/mol. The highest BCUT2D eigenvalue weighted by Gasteiger charge is 2.52. The second-order valence-electron chi connectivity index (χ2n) is 13.5. The molecule has 4 heterocycles. The number of aromatic amines is 2. The van der Waals surface area contributed by atoms with Crippen molar-refractivity contribution in [3.8, 4) is 0 Å². The Hall–Kier alpha value is -6.30. The summed E-state index contributed by atoms with van der Waals surface area (Å²) in [6.07, 6.45) is 0.981. The summed E-state index contributed by atoms with van der Waals surface area (Å²) in [6, 6.07) is 30.3.